The molecule has 0 spiro atoms. The molecule has 150 valence electrons. The number of rotatable bonds is 5. The average Bonchev–Trinajstić information content (AvgIpc) is 3.40. The summed E-state index contributed by atoms with van der Waals surface area (Å²) in [5.41, 5.74) is 0.487. The predicted molar refractivity (Wildman–Crippen MR) is 111 cm³/mol. The van der Waals surface area contributed by atoms with Crippen LogP contribution in [0.1, 0.15) is 57.2 Å². The Bertz CT molecular complexity index is 1220. The summed E-state index contributed by atoms with van der Waals surface area (Å²) in [7, 11) is 0. The standard InChI is InChI=1S/C19H22N8OS/c1-2-10-29-19-22-18(23-24-19)26-9-8-14-13(16(26)28)11-20-17-21-15(25-27(14)17)12-6-4-3-5-7-12/h8-9,11-12H,2-7,10H2,1H3,(H,22,23,24). The van der Waals surface area contributed by atoms with Crippen molar-refractivity contribution in [2.24, 2.45) is 0 Å². The van der Waals surface area contributed by atoms with E-state index in [4.69, 9.17) is 5.10 Å². The molecule has 4 heterocycles. The third kappa shape index (κ3) is 3.31. The molecule has 9 nitrogen and oxygen atoms in total. The fourth-order valence-electron chi connectivity index (χ4n) is 3.84. The maximum atomic E-state index is 13.1. The highest BCUT2D eigenvalue weighted by Crippen LogP contribution is 2.31. The van der Waals surface area contributed by atoms with E-state index in [0.29, 0.717) is 33.7 Å². The molecule has 0 saturated heterocycles. The van der Waals surface area contributed by atoms with E-state index in [1.165, 1.54) is 23.8 Å². The number of hydrogen-bond donors (Lipinski definition) is 1. The summed E-state index contributed by atoms with van der Waals surface area (Å²) >= 11 is 1.56. The van der Waals surface area contributed by atoms with Gasteiger partial charge in [-0.15, -0.1) is 10.2 Å². The molecule has 1 N–H and O–H groups in total. The van der Waals surface area contributed by atoms with Crippen molar-refractivity contribution in [3.05, 3.63) is 34.6 Å². The van der Waals surface area contributed by atoms with Crippen LogP contribution < -0.4 is 5.56 Å². The summed E-state index contributed by atoms with van der Waals surface area (Å²) in [6.45, 7) is 2.10. The smallest absolute Gasteiger partial charge is 0.268 e. The second-order valence-electron chi connectivity index (χ2n) is 7.35. The van der Waals surface area contributed by atoms with E-state index in [0.717, 1.165) is 30.8 Å². The van der Waals surface area contributed by atoms with Gasteiger partial charge in [-0.2, -0.15) is 14.5 Å². The molecule has 0 aromatic carbocycles. The number of thioether (sulfide) groups is 1. The minimum atomic E-state index is -0.213. The Balaban J connectivity index is 1.56. The summed E-state index contributed by atoms with van der Waals surface area (Å²) < 4.78 is 3.14. The Morgan fingerprint density at radius 3 is 2.93 bits per heavy atom. The van der Waals surface area contributed by atoms with E-state index >= 15 is 0 Å². The Morgan fingerprint density at radius 2 is 2.10 bits per heavy atom. The summed E-state index contributed by atoms with van der Waals surface area (Å²) in [6.07, 6.45) is 10.3. The molecule has 1 saturated carbocycles. The maximum absolute atomic E-state index is 13.1. The van der Waals surface area contributed by atoms with Gasteiger partial charge in [0.05, 0.1) is 10.9 Å². The largest absolute Gasteiger partial charge is 0.268 e. The van der Waals surface area contributed by atoms with Crippen LogP contribution in [0.25, 0.3) is 22.6 Å². The Morgan fingerprint density at radius 1 is 1.24 bits per heavy atom. The molecule has 10 heteroatoms. The molecule has 29 heavy (non-hydrogen) atoms. The van der Waals surface area contributed by atoms with Crippen molar-refractivity contribution in [3.63, 3.8) is 0 Å². The first-order chi connectivity index (χ1) is 14.2. The summed E-state index contributed by atoms with van der Waals surface area (Å²) in [5.74, 6) is 3.09. The molecule has 1 aliphatic carbocycles. The van der Waals surface area contributed by atoms with Gasteiger partial charge in [-0.05, 0) is 25.3 Å². The second-order valence-corrected chi connectivity index (χ2v) is 8.42. The Labute approximate surface area is 171 Å². The molecule has 0 amide bonds. The lowest BCUT2D eigenvalue weighted by Gasteiger charge is -2.17. The van der Waals surface area contributed by atoms with Gasteiger partial charge in [0.1, 0.15) is 0 Å². The number of pyridine rings is 1. The molecule has 5 rings (SSSR count). The number of nitrogens with zero attached hydrogens (tertiary/aromatic N) is 7. The zero-order chi connectivity index (χ0) is 19.8. The van der Waals surface area contributed by atoms with Crippen molar-refractivity contribution < 1.29 is 0 Å². The van der Waals surface area contributed by atoms with Crippen LogP contribution in [0.4, 0.5) is 0 Å². The Kier molecular flexibility index (Phi) is 4.78. The number of nitrogens with one attached hydrogen (secondary N) is 1. The van der Waals surface area contributed by atoms with Crippen molar-refractivity contribution in [1.82, 2.24) is 39.3 Å². The summed E-state index contributed by atoms with van der Waals surface area (Å²) in [6, 6.07) is 1.85. The van der Waals surface area contributed by atoms with Crippen molar-refractivity contribution in [2.75, 3.05) is 5.75 Å². The van der Waals surface area contributed by atoms with Crippen molar-refractivity contribution in [3.8, 4) is 5.95 Å². The molecule has 4 aromatic rings. The second kappa shape index (κ2) is 7.58. The number of hydrogen-bond acceptors (Lipinski definition) is 7. The van der Waals surface area contributed by atoms with Gasteiger partial charge < -0.3 is 0 Å². The molecular formula is C19H22N8OS. The van der Waals surface area contributed by atoms with E-state index in [1.807, 2.05) is 6.07 Å². The topological polar surface area (TPSA) is 107 Å². The predicted octanol–water partition coefficient (Wildman–Crippen LogP) is 3.10. The molecule has 0 aliphatic heterocycles. The van der Waals surface area contributed by atoms with E-state index in [9.17, 15) is 4.79 Å². The number of fused-ring (bicyclic) bond motifs is 3. The van der Waals surface area contributed by atoms with Crippen LogP contribution in [0.15, 0.2) is 28.4 Å². The third-order valence-corrected chi connectivity index (χ3v) is 6.39. The number of H-pyrrole nitrogens is 1. The molecule has 4 aromatic heterocycles. The normalized spacial score (nSPS) is 15.5. The first-order valence-corrected chi connectivity index (χ1v) is 11.1. The summed E-state index contributed by atoms with van der Waals surface area (Å²) in [5, 5.41) is 12.8. The van der Waals surface area contributed by atoms with E-state index < -0.39 is 0 Å². The minimum Gasteiger partial charge on any atom is -0.268 e. The molecule has 0 unspecified atom stereocenters. The van der Waals surface area contributed by atoms with Crippen LogP contribution in [-0.2, 0) is 0 Å². The first kappa shape index (κ1) is 18.3. The van der Waals surface area contributed by atoms with Gasteiger partial charge in [0.2, 0.25) is 11.1 Å². The van der Waals surface area contributed by atoms with E-state index in [2.05, 4.69) is 32.1 Å². The van der Waals surface area contributed by atoms with Crippen LogP contribution in [0.2, 0.25) is 0 Å². The van der Waals surface area contributed by atoms with Gasteiger partial charge in [-0.1, -0.05) is 37.9 Å². The average molecular weight is 411 g/mol. The highest BCUT2D eigenvalue weighted by molar-refractivity contribution is 7.99. The van der Waals surface area contributed by atoms with Crippen LogP contribution >= 0.6 is 11.8 Å². The van der Waals surface area contributed by atoms with Gasteiger partial charge in [-0.25, -0.2) is 10.1 Å². The first-order valence-electron chi connectivity index (χ1n) is 10.1. The van der Waals surface area contributed by atoms with Crippen molar-refractivity contribution >= 4 is 28.4 Å². The van der Waals surface area contributed by atoms with Crippen molar-refractivity contribution in [1.29, 1.82) is 0 Å². The highest BCUT2D eigenvalue weighted by Gasteiger charge is 2.21. The molecule has 0 bridgehead atoms. The monoisotopic (exact) mass is 410 g/mol. The lowest BCUT2D eigenvalue weighted by molar-refractivity contribution is 0.429. The fraction of sp³-hybridized carbons (Fsp3) is 0.474. The minimum absolute atomic E-state index is 0.213. The van der Waals surface area contributed by atoms with E-state index in [-0.39, 0.29) is 5.56 Å². The lowest BCUT2D eigenvalue weighted by atomic mass is 9.89. The van der Waals surface area contributed by atoms with Crippen LogP contribution in [0.5, 0.6) is 0 Å². The van der Waals surface area contributed by atoms with Crippen LogP contribution in [-0.4, -0.2) is 45.1 Å². The van der Waals surface area contributed by atoms with Gasteiger partial charge in [-0.3, -0.25) is 9.36 Å². The van der Waals surface area contributed by atoms with Crippen LogP contribution in [0, 0.1) is 0 Å². The third-order valence-electron chi connectivity index (χ3n) is 5.34. The molecule has 1 aliphatic rings. The zero-order valence-electron chi connectivity index (χ0n) is 16.2. The molecular weight excluding hydrogens is 388 g/mol. The maximum Gasteiger partial charge on any atom is 0.268 e. The molecule has 0 radical (unpaired) electrons. The summed E-state index contributed by atoms with van der Waals surface area (Å²) in [4.78, 5) is 26.5. The van der Waals surface area contributed by atoms with E-state index in [1.54, 1.807) is 28.7 Å². The van der Waals surface area contributed by atoms with Gasteiger partial charge >= 0.3 is 0 Å². The highest BCUT2D eigenvalue weighted by atomic mass is 32.2. The van der Waals surface area contributed by atoms with Gasteiger partial charge in [0.15, 0.2) is 5.82 Å². The fourth-order valence-corrected chi connectivity index (χ4v) is 4.49. The zero-order valence-corrected chi connectivity index (χ0v) is 17.0. The lowest BCUT2D eigenvalue weighted by Crippen LogP contribution is -2.20. The van der Waals surface area contributed by atoms with Gasteiger partial charge in [0.25, 0.3) is 11.3 Å². The van der Waals surface area contributed by atoms with Crippen LogP contribution in [0.3, 0.4) is 0 Å². The van der Waals surface area contributed by atoms with Gasteiger partial charge in [0, 0.05) is 24.1 Å². The SMILES string of the molecule is CCCSc1n[nH]c(-n2ccc3c(cnc4nc(C5CCCCC5)nn43)c2=O)n1. The molecule has 0 atom stereocenters. The Hall–Kier alpha value is -2.75. The number of aromatic nitrogens is 8. The molecule has 1 fully saturated rings. The number of aromatic amines is 1. The quantitative estimate of drug-likeness (QED) is 0.504. The van der Waals surface area contributed by atoms with Crippen molar-refractivity contribution in [2.45, 2.75) is 56.5 Å².